The lowest BCUT2D eigenvalue weighted by Crippen LogP contribution is -2.16. The van der Waals surface area contributed by atoms with Gasteiger partial charge in [-0.2, -0.15) is 0 Å². The predicted molar refractivity (Wildman–Crippen MR) is 278 cm³/mol. The molecule has 0 spiro atoms. The number of hydrogen-bond donors (Lipinski definition) is 0. The Morgan fingerprint density at radius 3 is 0.500 bits per heavy atom. The maximum Gasteiger partial charge on any atom is 0.261 e. The highest BCUT2D eigenvalue weighted by Crippen LogP contribution is 2.43. The Labute approximate surface area is 459 Å². The van der Waals surface area contributed by atoms with E-state index in [0.717, 1.165) is 0 Å². The standard InChI is InChI=1S/C48H56Cl4O20S4/c49-73(53,54)41-25-33-21-34-26-42(74(50,55)56)30-38-24-40-32-44(76(52,59)60)28-36-22-35-27-43(75(51,57)58)31-39(47(35)71-19-15-67-11-7-63-3-4-64-8-12-68-16-20-72-48(36)40)23-37(29-41)45(33)69-17-13-65-9-5-61-1-2-62-6-10-66-14-18-70-46(34)38/h25-32H,1-24H2. The number of benzene rings is 4. The molecule has 0 unspecified atom stereocenters. The molecule has 0 amide bonds. The summed E-state index contributed by atoms with van der Waals surface area (Å²) in [4.78, 5) is -1.60. The molecule has 0 atom stereocenters. The zero-order valence-corrected chi connectivity index (χ0v) is 47.2. The van der Waals surface area contributed by atoms with E-state index in [4.69, 9.17) is 99.6 Å². The third kappa shape index (κ3) is 17.9. The topological polar surface area (TPSA) is 247 Å². The largest absolute Gasteiger partial charge is 0.491 e. The van der Waals surface area contributed by atoms with Crippen molar-refractivity contribution in [2.45, 2.75) is 45.3 Å². The summed E-state index contributed by atoms with van der Waals surface area (Å²) in [5.41, 5.74) is 1.11. The van der Waals surface area contributed by atoms with Gasteiger partial charge in [0, 0.05) is 113 Å². The van der Waals surface area contributed by atoms with E-state index in [1.165, 1.54) is 48.5 Å². The van der Waals surface area contributed by atoms with Gasteiger partial charge in [0.25, 0.3) is 36.2 Å². The summed E-state index contributed by atoms with van der Waals surface area (Å²) >= 11 is 0. The molecule has 420 valence electrons. The summed E-state index contributed by atoms with van der Waals surface area (Å²) in [7, 11) is 6.32. The van der Waals surface area contributed by atoms with Gasteiger partial charge in [-0.1, -0.05) is 0 Å². The van der Waals surface area contributed by atoms with Crippen LogP contribution in [0.3, 0.4) is 0 Å². The van der Waals surface area contributed by atoms with Crippen molar-refractivity contribution in [2.75, 3.05) is 132 Å². The van der Waals surface area contributed by atoms with Crippen molar-refractivity contribution >= 4 is 78.9 Å². The first-order valence-corrected chi connectivity index (χ1v) is 33.0. The maximum absolute atomic E-state index is 13.5. The monoisotopic (exact) mass is 1220 g/mol. The third-order valence-corrected chi connectivity index (χ3v) is 17.0. The normalized spacial score (nSPS) is 18.5. The summed E-state index contributed by atoms with van der Waals surface area (Å²) in [6.07, 6.45) is -1.32. The van der Waals surface area contributed by atoms with Crippen molar-refractivity contribution in [2.24, 2.45) is 0 Å². The van der Waals surface area contributed by atoms with Crippen molar-refractivity contribution in [3.05, 3.63) is 93.0 Å². The van der Waals surface area contributed by atoms with Gasteiger partial charge in [-0.25, -0.2) is 33.7 Å². The predicted octanol–water partition coefficient (Wildman–Crippen LogP) is 5.75. The fourth-order valence-corrected chi connectivity index (χ4v) is 11.7. The number of ether oxygens (including phenoxy) is 12. The van der Waals surface area contributed by atoms with Crippen LogP contribution in [0.4, 0.5) is 0 Å². The molecule has 28 heteroatoms. The Hall–Kier alpha value is -3.28. The van der Waals surface area contributed by atoms with Crippen LogP contribution in [0, 0.1) is 0 Å². The van der Waals surface area contributed by atoms with Gasteiger partial charge in [-0.3, -0.25) is 0 Å². The summed E-state index contributed by atoms with van der Waals surface area (Å²) in [6, 6.07) is 10.1. The fraction of sp³-hybridized carbons (Fsp3) is 0.500. The lowest BCUT2D eigenvalue weighted by Gasteiger charge is -2.24. The average molecular weight is 1220 g/mol. The molecule has 4 aromatic rings. The Balaban J connectivity index is 1.55. The van der Waals surface area contributed by atoms with E-state index >= 15 is 0 Å². The van der Waals surface area contributed by atoms with E-state index in [1.54, 1.807) is 0 Å². The molecular formula is C48H56Cl4O20S4. The van der Waals surface area contributed by atoms with Crippen molar-refractivity contribution < 1.29 is 90.5 Å². The highest BCUT2D eigenvalue weighted by atomic mass is 35.7. The Morgan fingerprint density at radius 2 is 0.368 bits per heavy atom. The van der Waals surface area contributed by atoms with Crippen LogP contribution in [0.5, 0.6) is 23.0 Å². The zero-order chi connectivity index (χ0) is 54.4. The van der Waals surface area contributed by atoms with Gasteiger partial charge in [-0.05, 0) is 48.5 Å². The van der Waals surface area contributed by atoms with Crippen LogP contribution in [0.25, 0.3) is 0 Å². The Bertz CT molecular complexity index is 2700. The number of halogens is 4. The Kier molecular flexibility index (Phi) is 22.4. The molecule has 12 bridgehead atoms. The van der Waals surface area contributed by atoms with E-state index in [9.17, 15) is 33.7 Å². The molecule has 0 saturated carbocycles. The number of hydrogen-bond acceptors (Lipinski definition) is 20. The molecule has 1 aliphatic carbocycles. The second-order valence-corrected chi connectivity index (χ2v) is 27.3. The van der Waals surface area contributed by atoms with Crippen molar-refractivity contribution in [3.63, 3.8) is 0 Å². The summed E-state index contributed by atoms with van der Waals surface area (Å²) in [5, 5.41) is 0. The van der Waals surface area contributed by atoms with Crippen molar-refractivity contribution in [1.82, 2.24) is 0 Å². The molecule has 2 heterocycles. The zero-order valence-electron chi connectivity index (χ0n) is 40.9. The minimum absolute atomic E-state index is 0.00963. The van der Waals surface area contributed by atoms with Crippen LogP contribution < -0.4 is 18.9 Å². The third-order valence-electron chi connectivity index (χ3n) is 11.6. The van der Waals surface area contributed by atoms with Gasteiger partial charge in [-0.15, -0.1) is 0 Å². The number of rotatable bonds is 4. The molecule has 20 nitrogen and oxygen atoms in total. The van der Waals surface area contributed by atoms with Gasteiger partial charge in [0.15, 0.2) is 0 Å². The lowest BCUT2D eigenvalue weighted by atomic mass is 9.91. The maximum atomic E-state index is 13.5. The van der Waals surface area contributed by atoms with Crippen LogP contribution in [0.2, 0.25) is 0 Å². The first-order chi connectivity index (χ1) is 36.3. The van der Waals surface area contributed by atoms with Gasteiger partial charge in [0.05, 0.1) is 125 Å². The van der Waals surface area contributed by atoms with Gasteiger partial charge in [0.2, 0.25) is 0 Å². The molecule has 2 aliphatic heterocycles. The van der Waals surface area contributed by atoms with Crippen LogP contribution in [-0.4, -0.2) is 166 Å². The van der Waals surface area contributed by atoms with E-state index in [1.807, 2.05) is 0 Å². The quantitative estimate of drug-likeness (QED) is 0.194. The smallest absolute Gasteiger partial charge is 0.261 e. The first kappa shape index (κ1) is 60.4. The molecule has 0 saturated heterocycles. The first-order valence-electron chi connectivity index (χ1n) is 23.8. The van der Waals surface area contributed by atoms with Crippen molar-refractivity contribution in [3.8, 4) is 23.0 Å². The minimum atomic E-state index is -4.56. The Morgan fingerprint density at radius 1 is 0.237 bits per heavy atom. The highest BCUT2D eigenvalue weighted by molar-refractivity contribution is 8.14. The second kappa shape index (κ2) is 28.2. The SMILES string of the molecule is O=S(=O)(Cl)c1cc2c3c(c1)Cc1cc(S(=O)(=O)Cl)cc4c1OCCOCCOCCOCCOCCOc1c(cc(S(=O)(=O)Cl)cc1Cc1cc(S(=O)(=O)Cl)cc(c1OCCOCCOCCOCCOCCO3)C2)C4. The second-order valence-electron chi connectivity index (χ2n) is 17.0. The van der Waals surface area contributed by atoms with Crippen LogP contribution in [-0.2, 0) is 99.8 Å². The minimum Gasteiger partial charge on any atom is -0.491 e. The van der Waals surface area contributed by atoms with Crippen LogP contribution in [0.1, 0.15) is 44.5 Å². The molecule has 4 aromatic carbocycles. The van der Waals surface area contributed by atoms with E-state index in [-0.39, 0.29) is 225 Å². The molecule has 0 fully saturated rings. The van der Waals surface area contributed by atoms with Crippen LogP contribution in [0.15, 0.2) is 68.1 Å². The van der Waals surface area contributed by atoms with Gasteiger partial charge in [0.1, 0.15) is 49.4 Å². The molecule has 76 heavy (non-hydrogen) atoms. The van der Waals surface area contributed by atoms with E-state index < -0.39 is 55.8 Å². The van der Waals surface area contributed by atoms with Crippen molar-refractivity contribution in [1.29, 1.82) is 0 Å². The molecule has 0 N–H and O–H groups in total. The summed E-state index contributed by atoms with van der Waals surface area (Å²) < 4.78 is 180. The average Bonchev–Trinajstić information content (AvgIpc) is 3.34. The molecule has 0 aromatic heterocycles. The molecular weight excluding hydrogens is 1170 g/mol. The van der Waals surface area contributed by atoms with E-state index in [0.29, 0.717) is 0 Å². The van der Waals surface area contributed by atoms with E-state index in [2.05, 4.69) is 0 Å². The molecule has 0 radical (unpaired) electrons. The fourth-order valence-electron chi connectivity index (χ4n) is 8.40. The molecule has 3 aliphatic rings. The van der Waals surface area contributed by atoms with Gasteiger partial charge >= 0.3 is 0 Å². The van der Waals surface area contributed by atoms with Gasteiger partial charge < -0.3 is 56.8 Å². The van der Waals surface area contributed by atoms with Crippen LogP contribution >= 0.6 is 42.7 Å². The summed E-state index contributed by atoms with van der Waals surface area (Å²) in [6.45, 7) is 2.31. The molecule has 7 rings (SSSR count). The summed E-state index contributed by atoms with van der Waals surface area (Å²) in [5.74, 6) is 0.328. The lowest BCUT2D eigenvalue weighted by molar-refractivity contribution is -0.00706. The highest BCUT2D eigenvalue weighted by Gasteiger charge is 2.29.